The van der Waals surface area contributed by atoms with Crippen LogP contribution in [-0.4, -0.2) is 62.1 Å². The fourth-order valence-corrected chi connectivity index (χ4v) is 0.270. The molecule has 0 aliphatic carbocycles. The zero-order valence-electron chi connectivity index (χ0n) is 8.04. The predicted molar refractivity (Wildman–Crippen MR) is 49.2 cm³/mol. The zero-order chi connectivity index (χ0) is 11.0. The second-order valence-electron chi connectivity index (χ2n) is 1.97. The van der Waals surface area contributed by atoms with E-state index in [0.717, 1.165) is 6.54 Å². The van der Waals surface area contributed by atoms with Gasteiger partial charge in [0, 0.05) is 0 Å². The van der Waals surface area contributed by atoms with E-state index in [0.29, 0.717) is 0 Å². The molecule has 0 aliphatic heterocycles. The van der Waals surface area contributed by atoms with Crippen LogP contribution in [0.3, 0.4) is 0 Å². The molecule has 0 fully saturated rings. The highest BCUT2D eigenvalue weighted by atomic mass is 16.4. The van der Waals surface area contributed by atoms with Gasteiger partial charge in [-0.05, 0) is 6.54 Å². The molecule has 9 heteroatoms. The van der Waals surface area contributed by atoms with Crippen molar-refractivity contribution in [2.45, 2.75) is 19.1 Å². The lowest BCUT2D eigenvalue weighted by atomic mass is 10.2. The molecule has 0 bridgehead atoms. The van der Waals surface area contributed by atoms with Crippen LogP contribution in [0, 0.1) is 0 Å². The Bertz CT molecular complexity index is 155. The van der Waals surface area contributed by atoms with Crippen LogP contribution >= 0.6 is 0 Å². The van der Waals surface area contributed by atoms with Crippen molar-refractivity contribution in [3.8, 4) is 0 Å². The molecule has 0 radical (unpaired) electrons. The van der Waals surface area contributed by atoms with E-state index in [9.17, 15) is 9.59 Å². The Hall–Kier alpha value is -1.26. The van der Waals surface area contributed by atoms with Gasteiger partial charge < -0.3 is 37.1 Å². The van der Waals surface area contributed by atoms with E-state index in [2.05, 4.69) is 0 Å². The summed E-state index contributed by atoms with van der Waals surface area (Å²) in [5, 5.41) is 32.5. The third-order valence-corrected chi connectivity index (χ3v) is 0.805. The molecule has 0 aromatic heterocycles. The van der Waals surface area contributed by atoms with Gasteiger partial charge in [0.25, 0.3) is 0 Å². The topological polar surface area (TPSA) is 204 Å². The Morgan fingerprint density at radius 2 is 1.20 bits per heavy atom. The summed E-state index contributed by atoms with van der Waals surface area (Å²) in [4.78, 5) is 19.5. The summed E-state index contributed by atoms with van der Waals surface area (Å²) < 4.78 is 0. The van der Waals surface area contributed by atoms with Gasteiger partial charge in [-0.1, -0.05) is 6.92 Å². The van der Waals surface area contributed by atoms with Crippen molar-refractivity contribution in [2.75, 3.05) is 6.54 Å². The lowest BCUT2D eigenvalue weighted by Gasteiger charge is -2.07. The Labute approximate surface area is 85.4 Å². The lowest BCUT2D eigenvalue weighted by Crippen LogP contribution is -2.39. The number of hydrogen-bond donors (Lipinski definition) is 5. The molecule has 0 saturated carbocycles. The lowest BCUT2D eigenvalue weighted by molar-refractivity contribution is -0.165. The Morgan fingerprint density at radius 1 is 1.07 bits per heavy atom. The molecule has 10 N–H and O–H groups in total. The number of hydrogen-bond acceptors (Lipinski definition) is 5. The molecule has 0 amide bonds. The predicted octanol–water partition coefficient (Wildman–Crippen LogP) is -3.81. The van der Waals surface area contributed by atoms with Gasteiger partial charge >= 0.3 is 11.9 Å². The van der Waals surface area contributed by atoms with Crippen LogP contribution in [0.4, 0.5) is 0 Å². The van der Waals surface area contributed by atoms with E-state index in [4.69, 9.17) is 26.2 Å². The van der Waals surface area contributed by atoms with Crippen molar-refractivity contribution in [1.82, 2.24) is 0 Å². The highest BCUT2D eigenvalue weighted by Crippen LogP contribution is 1.92. The summed E-state index contributed by atoms with van der Waals surface area (Å²) in [6.45, 7) is 2.65. The summed E-state index contributed by atoms with van der Waals surface area (Å²) in [6.07, 6.45) is -4.53. The molecule has 2 unspecified atom stereocenters. The maximum atomic E-state index is 9.77. The summed E-state index contributed by atoms with van der Waals surface area (Å²) >= 11 is 0. The summed E-state index contributed by atoms with van der Waals surface area (Å²) in [6, 6.07) is 0. The van der Waals surface area contributed by atoms with Crippen LogP contribution in [-0.2, 0) is 9.59 Å². The third kappa shape index (κ3) is 12.7. The minimum absolute atomic E-state index is 0. The minimum atomic E-state index is -2.27. The van der Waals surface area contributed by atoms with Gasteiger partial charge in [0.05, 0.1) is 0 Å². The molecule has 0 heterocycles. The summed E-state index contributed by atoms with van der Waals surface area (Å²) in [7, 11) is 0. The number of aliphatic carboxylic acids is 2. The molecule has 0 aliphatic rings. The number of aliphatic hydroxyl groups excluding tert-OH is 2. The van der Waals surface area contributed by atoms with Crippen LogP contribution in [0.2, 0.25) is 0 Å². The first-order valence-electron chi connectivity index (χ1n) is 3.40. The zero-order valence-corrected chi connectivity index (χ0v) is 8.04. The minimum Gasteiger partial charge on any atom is -0.479 e. The van der Waals surface area contributed by atoms with Crippen LogP contribution in [0.5, 0.6) is 0 Å². The van der Waals surface area contributed by atoms with E-state index >= 15 is 0 Å². The maximum Gasteiger partial charge on any atom is 0.335 e. The number of aliphatic hydroxyl groups is 2. The number of rotatable bonds is 3. The maximum absolute atomic E-state index is 9.77. The van der Waals surface area contributed by atoms with Gasteiger partial charge in [-0.15, -0.1) is 0 Å². The Balaban J connectivity index is -0.000000108. The van der Waals surface area contributed by atoms with Crippen molar-refractivity contribution < 1.29 is 41.0 Å². The average Bonchev–Trinajstić information content (AvgIpc) is 2.03. The Kier molecular flexibility index (Phi) is 20.0. The Morgan fingerprint density at radius 3 is 1.27 bits per heavy atom. The fourth-order valence-electron chi connectivity index (χ4n) is 0.270. The van der Waals surface area contributed by atoms with Gasteiger partial charge in [-0.2, -0.15) is 0 Å². The van der Waals surface area contributed by atoms with Gasteiger partial charge in [-0.3, -0.25) is 0 Å². The molecule has 15 heavy (non-hydrogen) atoms. The molecule has 0 aromatic rings. The smallest absolute Gasteiger partial charge is 0.335 e. The average molecular weight is 231 g/mol. The first-order chi connectivity index (χ1) is 5.88. The first kappa shape index (κ1) is 23.5. The standard InChI is InChI=1S/C4H6O6.C2H7N.2H2O/c5-1(3(7)8)2(6)4(9)10;1-2-3;;/h1-2,5-6H,(H,7,8)(H,9,10);2-3H2,1H3;2*1H2. The van der Waals surface area contributed by atoms with E-state index in [-0.39, 0.29) is 11.0 Å². The van der Waals surface area contributed by atoms with Crippen molar-refractivity contribution in [1.29, 1.82) is 0 Å². The van der Waals surface area contributed by atoms with E-state index < -0.39 is 24.1 Å². The summed E-state index contributed by atoms with van der Waals surface area (Å²) in [5.41, 5.74) is 4.85. The van der Waals surface area contributed by atoms with E-state index in [1.165, 1.54) is 0 Å². The second kappa shape index (κ2) is 12.7. The van der Waals surface area contributed by atoms with Gasteiger partial charge in [0.1, 0.15) is 0 Å². The van der Waals surface area contributed by atoms with E-state index in [1.54, 1.807) is 0 Å². The third-order valence-electron chi connectivity index (χ3n) is 0.805. The molecule has 0 rings (SSSR count). The van der Waals surface area contributed by atoms with Gasteiger partial charge in [0.15, 0.2) is 12.2 Å². The van der Waals surface area contributed by atoms with E-state index in [1.807, 2.05) is 6.92 Å². The molecular weight excluding hydrogens is 214 g/mol. The quantitative estimate of drug-likeness (QED) is 0.327. The molecule has 0 spiro atoms. The highest BCUT2D eigenvalue weighted by Gasteiger charge is 2.29. The van der Waals surface area contributed by atoms with Crippen LogP contribution in [0.25, 0.3) is 0 Å². The van der Waals surface area contributed by atoms with Crippen LogP contribution in [0.15, 0.2) is 0 Å². The molecular formula is C6H17NO8. The monoisotopic (exact) mass is 231 g/mol. The molecule has 2 atom stereocenters. The van der Waals surface area contributed by atoms with Gasteiger partial charge in [-0.25, -0.2) is 9.59 Å². The van der Waals surface area contributed by atoms with Crippen molar-refractivity contribution in [3.05, 3.63) is 0 Å². The van der Waals surface area contributed by atoms with Crippen LogP contribution in [0.1, 0.15) is 6.92 Å². The number of carbonyl (C=O) groups is 2. The SMILES string of the molecule is CCN.O.O.O=C(O)C(O)C(O)C(=O)O. The molecule has 0 aromatic carbocycles. The number of carboxylic acid groups (broad SMARTS) is 2. The largest absolute Gasteiger partial charge is 0.479 e. The van der Waals surface area contributed by atoms with Crippen molar-refractivity contribution in [3.63, 3.8) is 0 Å². The molecule has 9 nitrogen and oxygen atoms in total. The fraction of sp³-hybridized carbons (Fsp3) is 0.667. The van der Waals surface area contributed by atoms with Crippen molar-refractivity contribution in [2.24, 2.45) is 5.73 Å². The highest BCUT2D eigenvalue weighted by molar-refractivity contribution is 5.82. The second-order valence-corrected chi connectivity index (χ2v) is 1.97. The van der Waals surface area contributed by atoms with Gasteiger partial charge in [0.2, 0.25) is 0 Å². The normalized spacial score (nSPS) is 11.7. The molecule has 94 valence electrons. The number of nitrogens with two attached hydrogens (primary N) is 1. The molecule has 0 saturated heterocycles. The summed E-state index contributed by atoms with van der Waals surface area (Å²) in [5.74, 6) is -3.54. The van der Waals surface area contributed by atoms with Crippen molar-refractivity contribution >= 4 is 11.9 Å². The number of carboxylic acids is 2. The first-order valence-corrected chi connectivity index (χ1v) is 3.40. The van der Waals surface area contributed by atoms with Crippen LogP contribution < -0.4 is 5.73 Å².